The molecule has 0 nitrogen and oxygen atoms in total. The van der Waals surface area contributed by atoms with E-state index in [0.717, 1.165) is 5.92 Å². The van der Waals surface area contributed by atoms with Gasteiger partial charge in [0.15, 0.2) is 0 Å². The third-order valence-electron chi connectivity index (χ3n) is 9.10. The predicted octanol–water partition coefficient (Wildman–Crippen LogP) is 14.9. The van der Waals surface area contributed by atoms with Crippen LogP contribution in [-0.4, -0.2) is 0 Å². The monoisotopic (exact) mass is 535 g/mol. The van der Waals surface area contributed by atoms with E-state index in [9.17, 15) is 0 Å². The van der Waals surface area contributed by atoms with Crippen LogP contribution in [0.2, 0.25) is 0 Å². The average Bonchev–Trinajstić information content (AvgIpc) is 2.92. The van der Waals surface area contributed by atoms with E-state index in [-0.39, 0.29) is 0 Å². The molecule has 0 aliphatic heterocycles. The molecule has 0 rings (SSSR count). The quantitative estimate of drug-likeness (QED) is 0.0720. The molecule has 0 bridgehead atoms. The topological polar surface area (TPSA) is 0 Å². The van der Waals surface area contributed by atoms with E-state index in [1.807, 2.05) is 0 Å². The third-order valence-corrected chi connectivity index (χ3v) is 9.10. The molecule has 0 spiro atoms. The van der Waals surface area contributed by atoms with Crippen molar-refractivity contribution < 1.29 is 0 Å². The van der Waals surface area contributed by atoms with Gasteiger partial charge in [0.05, 0.1) is 0 Å². The van der Waals surface area contributed by atoms with E-state index >= 15 is 0 Å². The summed E-state index contributed by atoms with van der Waals surface area (Å²) in [5.74, 6) is 0.966. The Balaban J connectivity index is 3.13. The lowest BCUT2D eigenvalue weighted by atomic mass is 9.95. The number of hydrogen-bond acceptors (Lipinski definition) is 0. The summed E-state index contributed by atoms with van der Waals surface area (Å²) in [4.78, 5) is 0. The fourth-order valence-electron chi connectivity index (χ4n) is 6.23. The predicted molar refractivity (Wildman–Crippen MR) is 177 cm³/mol. The van der Waals surface area contributed by atoms with E-state index in [2.05, 4.69) is 20.8 Å². The van der Waals surface area contributed by atoms with E-state index in [1.165, 1.54) is 218 Å². The highest BCUT2D eigenvalue weighted by molar-refractivity contribution is 4.57. The van der Waals surface area contributed by atoms with Gasteiger partial charge in [0.1, 0.15) is 0 Å². The molecule has 0 amide bonds. The molecule has 38 heavy (non-hydrogen) atoms. The Kier molecular flexibility index (Phi) is 35.0. The maximum atomic E-state index is 2.51. The molecule has 0 aromatic rings. The number of hydrogen-bond donors (Lipinski definition) is 0. The van der Waals surface area contributed by atoms with Crippen LogP contribution in [-0.2, 0) is 0 Å². The Hall–Kier alpha value is 0. The highest BCUT2D eigenvalue weighted by Gasteiger charge is 2.02. The van der Waals surface area contributed by atoms with Crippen LogP contribution in [0.1, 0.15) is 239 Å². The lowest BCUT2D eigenvalue weighted by Gasteiger charge is -2.11. The summed E-state index contributed by atoms with van der Waals surface area (Å²) in [7, 11) is 0. The van der Waals surface area contributed by atoms with Gasteiger partial charge in [-0.15, -0.1) is 0 Å². The summed E-state index contributed by atoms with van der Waals surface area (Å²) in [5, 5.41) is 0. The average molecular weight is 535 g/mol. The summed E-state index contributed by atoms with van der Waals surface area (Å²) in [6.45, 7) is 7.13. The molecule has 0 saturated carbocycles. The third kappa shape index (κ3) is 34.0. The van der Waals surface area contributed by atoms with E-state index in [4.69, 9.17) is 0 Å². The number of unbranched alkanes of at least 4 members (excludes halogenated alkanes) is 30. The van der Waals surface area contributed by atoms with E-state index < -0.39 is 0 Å². The minimum Gasteiger partial charge on any atom is -0.0654 e. The smallest absolute Gasteiger partial charge is 0.0443 e. The van der Waals surface area contributed by atoms with Crippen molar-refractivity contribution in [2.45, 2.75) is 239 Å². The van der Waals surface area contributed by atoms with Crippen molar-refractivity contribution in [1.29, 1.82) is 0 Å². The highest BCUT2D eigenvalue weighted by Crippen LogP contribution is 2.20. The Morgan fingerprint density at radius 1 is 0.237 bits per heavy atom. The Morgan fingerprint density at radius 2 is 0.395 bits per heavy atom. The molecule has 1 unspecified atom stereocenters. The molecule has 0 aromatic carbocycles. The fourth-order valence-corrected chi connectivity index (χ4v) is 6.23. The summed E-state index contributed by atoms with van der Waals surface area (Å²) < 4.78 is 0. The summed E-state index contributed by atoms with van der Waals surface area (Å²) >= 11 is 0. The zero-order chi connectivity index (χ0) is 27.6. The normalized spacial score (nSPS) is 12.4. The minimum absolute atomic E-state index is 0.966. The van der Waals surface area contributed by atoms with Crippen LogP contribution in [0.4, 0.5) is 0 Å². The molecular formula is C38H78. The van der Waals surface area contributed by atoms with Crippen molar-refractivity contribution in [2.75, 3.05) is 0 Å². The van der Waals surface area contributed by atoms with Gasteiger partial charge < -0.3 is 0 Å². The maximum absolute atomic E-state index is 2.51. The molecule has 1 atom stereocenters. The van der Waals surface area contributed by atoms with Crippen LogP contribution in [0, 0.1) is 5.92 Å². The summed E-state index contributed by atoms with van der Waals surface area (Å²) in [6.07, 6.45) is 50.2. The molecule has 0 fully saturated rings. The Labute approximate surface area is 244 Å². The van der Waals surface area contributed by atoms with Crippen LogP contribution in [0.15, 0.2) is 0 Å². The van der Waals surface area contributed by atoms with Crippen LogP contribution < -0.4 is 0 Å². The lowest BCUT2D eigenvalue weighted by Crippen LogP contribution is -1.95. The molecular weight excluding hydrogens is 456 g/mol. The van der Waals surface area contributed by atoms with Crippen molar-refractivity contribution >= 4 is 0 Å². The van der Waals surface area contributed by atoms with Crippen LogP contribution >= 0.6 is 0 Å². The van der Waals surface area contributed by atoms with E-state index in [0.29, 0.717) is 0 Å². The Morgan fingerprint density at radius 3 is 0.579 bits per heavy atom. The van der Waals surface area contributed by atoms with Crippen LogP contribution in [0.3, 0.4) is 0 Å². The van der Waals surface area contributed by atoms with Gasteiger partial charge in [-0.1, -0.05) is 239 Å². The summed E-state index contributed by atoms with van der Waals surface area (Å²) in [5.41, 5.74) is 0. The van der Waals surface area contributed by atoms with Crippen molar-refractivity contribution in [3.8, 4) is 0 Å². The molecule has 0 radical (unpaired) electrons. The zero-order valence-corrected chi connectivity index (χ0v) is 27.6. The first-order valence-corrected chi connectivity index (χ1v) is 18.8. The first kappa shape index (κ1) is 38.0. The lowest BCUT2D eigenvalue weighted by molar-refractivity contribution is 0.429. The van der Waals surface area contributed by atoms with Gasteiger partial charge in [0.2, 0.25) is 0 Å². The van der Waals surface area contributed by atoms with Crippen molar-refractivity contribution in [2.24, 2.45) is 5.92 Å². The van der Waals surface area contributed by atoms with Crippen molar-refractivity contribution in [1.82, 2.24) is 0 Å². The second-order valence-corrected chi connectivity index (χ2v) is 13.3. The Bertz CT molecular complexity index is 385. The van der Waals surface area contributed by atoms with Crippen LogP contribution in [0.5, 0.6) is 0 Å². The molecule has 0 N–H and O–H groups in total. The molecule has 0 aliphatic carbocycles. The van der Waals surface area contributed by atoms with Gasteiger partial charge in [-0.3, -0.25) is 0 Å². The molecule has 0 heterocycles. The van der Waals surface area contributed by atoms with Gasteiger partial charge >= 0.3 is 0 Å². The number of rotatable bonds is 34. The van der Waals surface area contributed by atoms with Gasteiger partial charge in [-0.05, 0) is 5.92 Å². The second-order valence-electron chi connectivity index (χ2n) is 13.3. The van der Waals surface area contributed by atoms with Gasteiger partial charge in [0.25, 0.3) is 0 Å². The fraction of sp³-hybridized carbons (Fsp3) is 1.00. The SMILES string of the molecule is CCCCCCCCCCCCCCCCCCCC(C)CCCCCCCCCCCCCCCCC. The molecule has 0 heteroatoms. The summed E-state index contributed by atoms with van der Waals surface area (Å²) in [6, 6.07) is 0. The van der Waals surface area contributed by atoms with Crippen molar-refractivity contribution in [3.05, 3.63) is 0 Å². The largest absolute Gasteiger partial charge is 0.0654 e. The molecule has 230 valence electrons. The minimum atomic E-state index is 0.966. The van der Waals surface area contributed by atoms with Gasteiger partial charge in [-0.2, -0.15) is 0 Å². The second kappa shape index (κ2) is 35.0. The van der Waals surface area contributed by atoms with Gasteiger partial charge in [0, 0.05) is 0 Å². The van der Waals surface area contributed by atoms with Gasteiger partial charge in [-0.25, -0.2) is 0 Å². The van der Waals surface area contributed by atoms with Crippen molar-refractivity contribution in [3.63, 3.8) is 0 Å². The molecule has 0 aromatic heterocycles. The first-order chi connectivity index (χ1) is 18.8. The standard InChI is InChI=1S/C38H78/c1-4-6-8-10-12-14-16-18-20-21-23-25-27-29-31-33-35-37-38(3)36-34-32-30-28-26-24-22-19-17-15-13-11-9-7-5-2/h38H,4-37H2,1-3H3. The molecule has 0 saturated heterocycles. The first-order valence-electron chi connectivity index (χ1n) is 18.8. The van der Waals surface area contributed by atoms with E-state index in [1.54, 1.807) is 0 Å². The molecule has 0 aliphatic rings. The zero-order valence-electron chi connectivity index (χ0n) is 27.6. The maximum Gasteiger partial charge on any atom is -0.0443 e. The highest BCUT2D eigenvalue weighted by atomic mass is 14.1. The van der Waals surface area contributed by atoms with Crippen LogP contribution in [0.25, 0.3) is 0 Å².